The average Bonchev–Trinajstić information content (AvgIpc) is 2.84. The molecule has 0 radical (unpaired) electrons. The fourth-order valence-corrected chi connectivity index (χ4v) is 4.10. The van der Waals surface area contributed by atoms with E-state index in [1.54, 1.807) is 16.8 Å². The zero-order valence-corrected chi connectivity index (χ0v) is 20.0. The molecule has 1 heterocycles. The quantitative estimate of drug-likeness (QED) is 0.481. The molecule has 1 amide bonds. The van der Waals surface area contributed by atoms with Crippen LogP contribution in [0, 0.1) is 0 Å². The molecule has 3 N–H and O–H groups in total. The van der Waals surface area contributed by atoms with Gasteiger partial charge in [0.05, 0.1) is 12.6 Å². The predicted octanol–water partition coefficient (Wildman–Crippen LogP) is 2.99. The highest BCUT2D eigenvalue weighted by Gasteiger charge is 2.26. The van der Waals surface area contributed by atoms with Crippen molar-refractivity contribution in [1.29, 1.82) is 0 Å². The lowest BCUT2D eigenvalue weighted by atomic mass is 9.97. The summed E-state index contributed by atoms with van der Waals surface area (Å²) in [6.45, 7) is 4.58. The lowest BCUT2D eigenvalue weighted by Crippen LogP contribution is -2.44. The van der Waals surface area contributed by atoms with E-state index in [1.165, 1.54) is 4.57 Å². The number of carbonyl (C=O) groups is 1. The number of aromatic nitrogens is 2. The zero-order chi connectivity index (χ0) is 24.7. The minimum absolute atomic E-state index is 0.0531. The Hall–Kier alpha value is -3.81. The van der Waals surface area contributed by atoms with Crippen LogP contribution < -0.4 is 21.9 Å². The van der Waals surface area contributed by atoms with Crippen LogP contribution in [0.5, 0.6) is 0 Å². The van der Waals surface area contributed by atoms with Gasteiger partial charge in [0.1, 0.15) is 11.5 Å². The second-order valence-electron chi connectivity index (χ2n) is 8.24. The van der Waals surface area contributed by atoms with Crippen molar-refractivity contribution in [2.75, 3.05) is 30.8 Å². The van der Waals surface area contributed by atoms with Crippen LogP contribution >= 0.6 is 0 Å². The van der Waals surface area contributed by atoms with Crippen LogP contribution in [0.4, 0.5) is 11.5 Å². The number of nitrogens with one attached hydrogen (secondary N) is 1. The smallest absolute Gasteiger partial charge is 0.330 e. The van der Waals surface area contributed by atoms with Crippen molar-refractivity contribution in [2.24, 2.45) is 0 Å². The van der Waals surface area contributed by atoms with E-state index in [9.17, 15) is 14.4 Å². The first-order chi connectivity index (χ1) is 16.4. The maximum atomic E-state index is 13.5. The molecule has 1 aromatic heterocycles. The summed E-state index contributed by atoms with van der Waals surface area (Å²) < 4.78 is 1.37. The van der Waals surface area contributed by atoms with E-state index < -0.39 is 11.2 Å². The van der Waals surface area contributed by atoms with Gasteiger partial charge < -0.3 is 15.5 Å². The lowest BCUT2D eigenvalue weighted by Gasteiger charge is -2.32. The Morgan fingerprint density at radius 2 is 1.56 bits per heavy atom. The van der Waals surface area contributed by atoms with Gasteiger partial charge >= 0.3 is 5.69 Å². The van der Waals surface area contributed by atoms with E-state index in [0.717, 1.165) is 24.0 Å². The Labute approximate surface area is 199 Å². The van der Waals surface area contributed by atoms with Gasteiger partial charge in [0, 0.05) is 20.1 Å². The third kappa shape index (κ3) is 5.39. The third-order valence-corrected chi connectivity index (χ3v) is 5.98. The summed E-state index contributed by atoms with van der Waals surface area (Å²) in [5.74, 6) is -0.0909. The average molecular weight is 464 g/mol. The van der Waals surface area contributed by atoms with Crippen molar-refractivity contribution >= 4 is 17.4 Å². The first kappa shape index (κ1) is 24.8. The summed E-state index contributed by atoms with van der Waals surface area (Å²) in [4.78, 5) is 44.1. The molecule has 34 heavy (non-hydrogen) atoms. The minimum Gasteiger partial charge on any atom is -0.383 e. The van der Waals surface area contributed by atoms with Crippen molar-refractivity contribution in [2.45, 2.75) is 39.3 Å². The minimum atomic E-state index is -0.588. The number of H-pyrrole nitrogens is 1. The number of benzene rings is 2. The molecule has 0 aliphatic rings. The van der Waals surface area contributed by atoms with E-state index in [1.807, 2.05) is 74.5 Å². The second kappa shape index (κ2) is 11.4. The van der Waals surface area contributed by atoms with Gasteiger partial charge in [-0.3, -0.25) is 19.1 Å². The van der Waals surface area contributed by atoms with Gasteiger partial charge in [-0.1, -0.05) is 74.0 Å². The van der Waals surface area contributed by atoms with Crippen LogP contribution in [0.1, 0.15) is 43.9 Å². The Kier molecular flexibility index (Phi) is 8.29. The number of hydrogen-bond acceptors (Lipinski definition) is 5. The summed E-state index contributed by atoms with van der Waals surface area (Å²) >= 11 is 0. The summed E-state index contributed by atoms with van der Waals surface area (Å²) in [5.41, 5.74) is 7.27. The van der Waals surface area contributed by atoms with E-state index in [4.69, 9.17) is 5.73 Å². The van der Waals surface area contributed by atoms with Crippen LogP contribution in [-0.2, 0) is 11.3 Å². The van der Waals surface area contributed by atoms with Gasteiger partial charge in [-0.25, -0.2) is 4.79 Å². The van der Waals surface area contributed by atoms with Gasteiger partial charge in [0.25, 0.3) is 5.56 Å². The Morgan fingerprint density at radius 1 is 1.00 bits per heavy atom. The molecule has 0 fully saturated rings. The molecule has 8 nitrogen and oxygen atoms in total. The number of nitrogens with zero attached hydrogens (tertiary/aromatic N) is 3. The number of nitrogens with two attached hydrogens (primary N) is 1. The van der Waals surface area contributed by atoms with E-state index in [-0.39, 0.29) is 30.0 Å². The highest BCUT2D eigenvalue weighted by molar-refractivity contribution is 5.83. The first-order valence-electron chi connectivity index (χ1n) is 11.6. The number of anilines is 2. The number of aromatic amines is 1. The molecule has 0 bridgehead atoms. The van der Waals surface area contributed by atoms with E-state index in [0.29, 0.717) is 13.1 Å². The first-order valence-corrected chi connectivity index (χ1v) is 11.6. The number of likely N-dealkylation sites (N-methyl/N-ethyl adjacent to an activating group) is 2. The molecule has 0 unspecified atom stereocenters. The molecule has 0 atom stereocenters. The molecule has 0 aliphatic carbocycles. The zero-order valence-electron chi connectivity index (χ0n) is 20.0. The topological polar surface area (TPSA) is 104 Å². The SMILES string of the molecule is CCCCn1c(N)c(N(CC)CC(=O)N(C)C(c2ccccc2)c2ccccc2)c(=O)[nH]c1=O. The van der Waals surface area contributed by atoms with Crippen molar-refractivity contribution < 1.29 is 4.79 Å². The van der Waals surface area contributed by atoms with Crippen LogP contribution in [0.2, 0.25) is 0 Å². The van der Waals surface area contributed by atoms with Gasteiger partial charge in [0.15, 0.2) is 0 Å². The number of rotatable bonds is 10. The Balaban J connectivity index is 1.94. The Bertz CT molecular complexity index is 1170. The third-order valence-electron chi connectivity index (χ3n) is 5.98. The molecule has 8 heteroatoms. The lowest BCUT2D eigenvalue weighted by molar-refractivity contribution is -0.129. The molecule has 180 valence electrons. The van der Waals surface area contributed by atoms with Crippen molar-refractivity contribution in [3.63, 3.8) is 0 Å². The molecule has 0 saturated carbocycles. The number of amides is 1. The second-order valence-corrected chi connectivity index (χ2v) is 8.24. The van der Waals surface area contributed by atoms with Crippen LogP contribution in [-0.4, -0.2) is 40.5 Å². The summed E-state index contributed by atoms with van der Waals surface area (Å²) in [6.07, 6.45) is 1.63. The molecule has 3 aromatic rings. The molecular formula is C26H33N5O3. The normalized spacial score (nSPS) is 10.9. The molecule has 3 rings (SSSR count). The van der Waals surface area contributed by atoms with Crippen LogP contribution in [0.15, 0.2) is 70.3 Å². The summed E-state index contributed by atoms with van der Waals surface area (Å²) in [5, 5.41) is 0. The van der Waals surface area contributed by atoms with Crippen LogP contribution in [0.25, 0.3) is 0 Å². The van der Waals surface area contributed by atoms with E-state index in [2.05, 4.69) is 4.98 Å². The monoisotopic (exact) mass is 463 g/mol. The number of hydrogen-bond donors (Lipinski definition) is 2. The number of unbranched alkanes of at least 4 members (excludes halogenated alkanes) is 1. The standard InChI is InChI=1S/C26H33N5O3/c1-4-6-17-31-24(27)23(25(33)28-26(31)34)30(5-2)18-21(32)29(3)22(19-13-9-7-10-14-19)20-15-11-8-12-16-20/h7-16,22H,4-6,17-18,27H2,1-3H3,(H,28,33,34). The van der Waals surface area contributed by atoms with Gasteiger partial charge in [-0.2, -0.15) is 0 Å². The fraction of sp³-hybridized carbons (Fsp3) is 0.346. The maximum Gasteiger partial charge on any atom is 0.330 e. The van der Waals surface area contributed by atoms with Crippen molar-refractivity contribution in [3.05, 3.63) is 92.6 Å². The number of carbonyl (C=O) groups excluding carboxylic acids is 1. The largest absolute Gasteiger partial charge is 0.383 e. The summed E-state index contributed by atoms with van der Waals surface area (Å²) in [6, 6.07) is 19.3. The predicted molar refractivity (Wildman–Crippen MR) is 136 cm³/mol. The number of nitrogen functional groups attached to an aromatic ring is 1. The highest BCUT2D eigenvalue weighted by Crippen LogP contribution is 2.28. The molecule has 2 aromatic carbocycles. The summed E-state index contributed by atoms with van der Waals surface area (Å²) in [7, 11) is 1.76. The molecule has 0 spiro atoms. The fourth-order valence-electron chi connectivity index (χ4n) is 4.10. The van der Waals surface area contributed by atoms with Gasteiger partial charge in [-0.15, -0.1) is 0 Å². The Morgan fingerprint density at radius 3 is 2.06 bits per heavy atom. The van der Waals surface area contributed by atoms with Gasteiger partial charge in [0.2, 0.25) is 5.91 Å². The van der Waals surface area contributed by atoms with Gasteiger partial charge in [-0.05, 0) is 24.5 Å². The highest BCUT2D eigenvalue weighted by atomic mass is 16.2. The van der Waals surface area contributed by atoms with Crippen molar-refractivity contribution in [1.82, 2.24) is 14.5 Å². The molecular weight excluding hydrogens is 430 g/mol. The molecule has 0 saturated heterocycles. The maximum absolute atomic E-state index is 13.5. The van der Waals surface area contributed by atoms with Crippen molar-refractivity contribution in [3.8, 4) is 0 Å². The van der Waals surface area contributed by atoms with Crippen LogP contribution in [0.3, 0.4) is 0 Å². The van der Waals surface area contributed by atoms with E-state index >= 15 is 0 Å². The molecule has 0 aliphatic heterocycles.